The van der Waals surface area contributed by atoms with Crippen molar-refractivity contribution in [1.29, 1.82) is 0 Å². The van der Waals surface area contributed by atoms with Crippen molar-refractivity contribution < 1.29 is 9.13 Å². The maximum atomic E-state index is 13.9. The first kappa shape index (κ1) is 12.5. The average molecular weight is 246 g/mol. The zero-order valence-corrected chi connectivity index (χ0v) is 10.4. The van der Waals surface area contributed by atoms with Crippen LogP contribution in [0.2, 0.25) is 0 Å². The second-order valence-electron chi connectivity index (χ2n) is 4.09. The van der Waals surface area contributed by atoms with Crippen molar-refractivity contribution in [3.8, 4) is 11.6 Å². The molecule has 4 heteroatoms. The Hall–Kier alpha value is -1.94. The molecule has 94 valence electrons. The third kappa shape index (κ3) is 2.33. The fourth-order valence-corrected chi connectivity index (χ4v) is 1.63. The quantitative estimate of drug-likeness (QED) is 0.905. The van der Waals surface area contributed by atoms with E-state index in [2.05, 4.69) is 4.98 Å². The number of aryl methyl sites for hydroxylation is 1. The van der Waals surface area contributed by atoms with Crippen LogP contribution in [0.5, 0.6) is 11.6 Å². The largest absolute Gasteiger partial charge is 0.436 e. The third-order valence-electron chi connectivity index (χ3n) is 2.92. The summed E-state index contributed by atoms with van der Waals surface area (Å²) in [5.74, 6) is 0.0723. The summed E-state index contributed by atoms with van der Waals surface area (Å²) in [7, 11) is 0. The second-order valence-corrected chi connectivity index (χ2v) is 4.09. The van der Waals surface area contributed by atoms with Gasteiger partial charge >= 0.3 is 0 Å². The number of hydrogen-bond donors (Lipinski definition) is 1. The topological polar surface area (TPSA) is 48.1 Å². The number of ether oxygens (including phenoxy) is 1. The summed E-state index contributed by atoms with van der Waals surface area (Å²) in [6.07, 6.45) is 1.49. The van der Waals surface area contributed by atoms with Crippen LogP contribution >= 0.6 is 0 Å². The number of nitrogens with two attached hydrogens (primary N) is 1. The van der Waals surface area contributed by atoms with Gasteiger partial charge in [0, 0.05) is 18.3 Å². The minimum atomic E-state index is -0.499. The van der Waals surface area contributed by atoms with E-state index in [4.69, 9.17) is 10.5 Å². The van der Waals surface area contributed by atoms with Gasteiger partial charge in [-0.3, -0.25) is 0 Å². The predicted molar refractivity (Wildman–Crippen MR) is 68.1 cm³/mol. The van der Waals surface area contributed by atoms with Gasteiger partial charge in [-0.2, -0.15) is 0 Å². The van der Waals surface area contributed by atoms with Gasteiger partial charge in [-0.05, 0) is 37.1 Å². The highest BCUT2D eigenvalue weighted by atomic mass is 19.1. The molecule has 0 saturated carbocycles. The lowest BCUT2D eigenvalue weighted by Crippen LogP contribution is -2.03. The molecular weight excluding hydrogens is 231 g/mol. The molecule has 1 heterocycles. The van der Waals surface area contributed by atoms with Crippen LogP contribution in [-0.4, -0.2) is 4.98 Å². The fourth-order valence-electron chi connectivity index (χ4n) is 1.63. The Bertz CT molecular complexity index is 570. The molecule has 2 rings (SSSR count). The number of rotatable bonds is 3. The smallest absolute Gasteiger partial charge is 0.256 e. The molecule has 0 spiro atoms. The van der Waals surface area contributed by atoms with E-state index in [1.54, 1.807) is 12.1 Å². The molecule has 1 aromatic heterocycles. The van der Waals surface area contributed by atoms with E-state index < -0.39 is 5.82 Å². The highest BCUT2D eigenvalue weighted by molar-refractivity contribution is 5.40. The van der Waals surface area contributed by atoms with Gasteiger partial charge in [0.15, 0.2) is 5.82 Å². The maximum Gasteiger partial charge on any atom is 0.256 e. The molecule has 3 nitrogen and oxygen atoms in total. The number of benzene rings is 1. The zero-order chi connectivity index (χ0) is 13.1. The monoisotopic (exact) mass is 246 g/mol. The summed E-state index contributed by atoms with van der Waals surface area (Å²) in [6.45, 7) is 4.02. The molecule has 0 amide bonds. The van der Waals surface area contributed by atoms with E-state index >= 15 is 0 Å². The van der Waals surface area contributed by atoms with E-state index in [0.29, 0.717) is 11.3 Å². The Balaban J connectivity index is 2.37. The zero-order valence-electron chi connectivity index (χ0n) is 10.4. The van der Waals surface area contributed by atoms with Crippen molar-refractivity contribution in [3.05, 3.63) is 53.0 Å². The first-order valence-electron chi connectivity index (χ1n) is 5.71. The number of halogens is 1. The van der Waals surface area contributed by atoms with Crippen molar-refractivity contribution in [1.82, 2.24) is 4.98 Å². The summed E-state index contributed by atoms with van der Waals surface area (Å²) in [5, 5.41) is 0. The van der Waals surface area contributed by atoms with Crippen molar-refractivity contribution in [2.75, 3.05) is 0 Å². The minimum Gasteiger partial charge on any atom is -0.436 e. The molecule has 0 aliphatic rings. The molecule has 0 saturated heterocycles. The number of nitrogens with zero attached hydrogens (tertiary/aromatic N) is 1. The van der Waals surface area contributed by atoms with Gasteiger partial charge in [0.25, 0.3) is 5.88 Å². The molecule has 0 atom stereocenters. The molecule has 2 aromatic rings. The Morgan fingerprint density at radius 3 is 2.78 bits per heavy atom. The van der Waals surface area contributed by atoms with Crippen molar-refractivity contribution in [2.45, 2.75) is 20.4 Å². The summed E-state index contributed by atoms with van der Waals surface area (Å²) < 4.78 is 19.4. The van der Waals surface area contributed by atoms with Gasteiger partial charge in [-0.15, -0.1) is 0 Å². The predicted octanol–water partition coefficient (Wildman–Crippen LogP) is 3.09. The summed E-state index contributed by atoms with van der Waals surface area (Å²) in [6, 6.07) is 7.18. The van der Waals surface area contributed by atoms with Gasteiger partial charge in [0.05, 0.1) is 0 Å². The van der Waals surface area contributed by atoms with E-state index in [0.717, 1.165) is 11.1 Å². The van der Waals surface area contributed by atoms with Crippen LogP contribution in [0.3, 0.4) is 0 Å². The van der Waals surface area contributed by atoms with E-state index in [-0.39, 0.29) is 12.4 Å². The summed E-state index contributed by atoms with van der Waals surface area (Å²) >= 11 is 0. The Labute approximate surface area is 105 Å². The van der Waals surface area contributed by atoms with Crippen LogP contribution in [-0.2, 0) is 6.54 Å². The average Bonchev–Trinajstić information content (AvgIpc) is 2.37. The minimum absolute atomic E-state index is 0.0355. The Kier molecular flexibility index (Phi) is 3.58. The molecule has 1 aromatic carbocycles. The fraction of sp³-hybridized carbons (Fsp3) is 0.214. The highest BCUT2D eigenvalue weighted by Crippen LogP contribution is 2.28. The van der Waals surface area contributed by atoms with Crippen LogP contribution in [0.4, 0.5) is 4.39 Å². The van der Waals surface area contributed by atoms with Gasteiger partial charge < -0.3 is 10.5 Å². The van der Waals surface area contributed by atoms with Crippen molar-refractivity contribution in [3.63, 3.8) is 0 Å². The van der Waals surface area contributed by atoms with Crippen LogP contribution in [0, 0.1) is 19.7 Å². The maximum absolute atomic E-state index is 13.9. The molecule has 2 N–H and O–H groups in total. The van der Waals surface area contributed by atoms with Gasteiger partial charge in [-0.25, -0.2) is 9.37 Å². The molecule has 0 fully saturated rings. The highest BCUT2D eigenvalue weighted by Gasteiger charge is 2.12. The van der Waals surface area contributed by atoms with Gasteiger partial charge in [0.2, 0.25) is 0 Å². The number of hydrogen-bond acceptors (Lipinski definition) is 3. The lowest BCUT2D eigenvalue weighted by molar-refractivity contribution is 0.416. The van der Waals surface area contributed by atoms with Crippen molar-refractivity contribution in [2.24, 2.45) is 5.73 Å². The van der Waals surface area contributed by atoms with Gasteiger partial charge in [0.1, 0.15) is 5.75 Å². The molecular formula is C14H15FN2O. The first-order valence-corrected chi connectivity index (χ1v) is 5.71. The molecule has 0 aliphatic heterocycles. The summed E-state index contributed by atoms with van der Waals surface area (Å²) in [5.41, 5.74) is 7.89. The SMILES string of the molecule is Cc1cccc(Oc2nccc(CN)c2F)c1C. The molecule has 0 radical (unpaired) electrons. The van der Waals surface area contributed by atoms with Crippen LogP contribution < -0.4 is 10.5 Å². The Morgan fingerprint density at radius 1 is 1.28 bits per heavy atom. The van der Waals surface area contributed by atoms with E-state index in [1.165, 1.54) is 6.20 Å². The normalized spacial score (nSPS) is 10.4. The molecule has 0 bridgehead atoms. The molecule has 0 aliphatic carbocycles. The van der Waals surface area contributed by atoms with Crippen LogP contribution in [0.15, 0.2) is 30.5 Å². The standard InChI is InChI=1S/C14H15FN2O/c1-9-4-3-5-12(10(9)2)18-14-13(15)11(8-16)6-7-17-14/h3-7H,8,16H2,1-2H3. The number of pyridine rings is 1. The van der Waals surface area contributed by atoms with Crippen LogP contribution in [0.1, 0.15) is 16.7 Å². The third-order valence-corrected chi connectivity index (χ3v) is 2.92. The van der Waals surface area contributed by atoms with E-state index in [9.17, 15) is 4.39 Å². The first-order chi connectivity index (χ1) is 8.63. The van der Waals surface area contributed by atoms with Gasteiger partial charge in [-0.1, -0.05) is 12.1 Å². The van der Waals surface area contributed by atoms with E-state index in [1.807, 2.05) is 26.0 Å². The summed E-state index contributed by atoms with van der Waals surface area (Å²) in [4.78, 5) is 3.90. The Morgan fingerprint density at radius 2 is 2.06 bits per heavy atom. The lowest BCUT2D eigenvalue weighted by Gasteiger charge is -2.11. The van der Waals surface area contributed by atoms with Crippen LogP contribution in [0.25, 0.3) is 0 Å². The molecule has 18 heavy (non-hydrogen) atoms. The second kappa shape index (κ2) is 5.14. The van der Waals surface area contributed by atoms with Crippen molar-refractivity contribution >= 4 is 0 Å². The lowest BCUT2D eigenvalue weighted by atomic mass is 10.1. The number of aromatic nitrogens is 1. The molecule has 0 unspecified atom stereocenters.